The number of hydrogen-bond acceptors (Lipinski definition) is 2. The molecule has 0 saturated heterocycles. The van der Waals surface area contributed by atoms with Crippen molar-refractivity contribution in [1.29, 1.82) is 0 Å². The van der Waals surface area contributed by atoms with Crippen LogP contribution in [0.3, 0.4) is 0 Å². The average Bonchev–Trinajstić information content (AvgIpc) is 2.79. The highest BCUT2D eigenvalue weighted by molar-refractivity contribution is 5.40. The van der Waals surface area contributed by atoms with Crippen LogP contribution in [-0.4, -0.2) is 5.11 Å². The lowest BCUT2D eigenvalue weighted by Gasteiger charge is -2.09. The molecule has 0 radical (unpaired) electrons. The molecule has 1 atom stereocenters. The molecule has 1 N–H and O–H groups in total. The molecular weight excluding hydrogens is 224 g/mol. The summed E-state index contributed by atoms with van der Waals surface area (Å²) in [7, 11) is 0. The number of rotatable bonds is 3. The predicted molar refractivity (Wildman–Crippen MR) is 70.5 cm³/mol. The zero-order valence-corrected chi connectivity index (χ0v) is 10.2. The number of ether oxygens (including phenoxy) is 1. The van der Waals surface area contributed by atoms with E-state index in [9.17, 15) is 5.11 Å². The van der Waals surface area contributed by atoms with Gasteiger partial charge in [0.1, 0.15) is 12.4 Å². The van der Waals surface area contributed by atoms with Crippen LogP contribution in [0, 0.1) is 0 Å². The summed E-state index contributed by atoms with van der Waals surface area (Å²) in [5.74, 6) is 0.832. The molecule has 0 saturated carbocycles. The van der Waals surface area contributed by atoms with E-state index in [1.54, 1.807) is 0 Å². The van der Waals surface area contributed by atoms with E-state index in [4.69, 9.17) is 4.74 Å². The van der Waals surface area contributed by atoms with Gasteiger partial charge < -0.3 is 9.84 Å². The largest absolute Gasteiger partial charge is 0.489 e. The van der Waals surface area contributed by atoms with E-state index in [1.165, 1.54) is 5.56 Å². The molecule has 1 aliphatic carbocycles. The van der Waals surface area contributed by atoms with Gasteiger partial charge >= 0.3 is 0 Å². The number of fused-ring (bicyclic) bond motifs is 1. The highest BCUT2D eigenvalue weighted by Gasteiger charge is 2.20. The Balaban J connectivity index is 1.72. The first-order valence-electron chi connectivity index (χ1n) is 6.30. The van der Waals surface area contributed by atoms with Crippen LogP contribution in [0.25, 0.3) is 0 Å². The number of benzene rings is 2. The van der Waals surface area contributed by atoms with E-state index in [-0.39, 0.29) is 6.10 Å². The van der Waals surface area contributed by atoms with Crippen LogP contribution in [0.4, 0.5) is 0 Å². The molecule has 0 amide bonds. The van der Waals surface area contributed by atoms with Crippen LogP contribution in [0.15, 0.2) is 48.5 Å². The fourth-order valence-electron chi connectivity index (χ4n) is 2.39. The second-order valence-electron chi connectivity index (χ2n) is 4.69. The Bertz CT molecular complexity index is 534. The van der Waals surface area contributed by atoms with E-state index in [1.807, 2.05) is 42.5 Å². The molecule has 2 aromatic rings. The molecule has 1 unspecified atom stereocenters. The topological polar surface area (TPSA) is 29.5 Å². The van der Waals surface area contributed by atoms with Gasteiger partial charge in [-0.1, -0.05) is 36.4 Å². The van der Waals surface area contributed by atoms with Gasteiger partial charge in [-0.15, -0.1) is 0 Å². The SMILES string of the molecule is OC1CCc2ccc(OCc3ccccc3)cc21. The minimum Gasteiger partial charge on any atom is -0.489 e. The Hall–Kier alpha value is -1.80. The number of aliphatic hydroxyl groups is 1. The Morgan fingerprint density at radius 2 is 1.94 bits per heavy atom. The summed E-state index contributed by atoms with van der Waals surface area (Å²) in [5, 5.41) is 9.84. The maximum Gasteiger partial charge on any atom is 0.120 e. The summed E-state index contributed by atoms with van der Waals surface area (Å²) in [6.07, 6.45) is 1.48. The van der Waals surface area contributed by atoms with Gasteiger partial charge in [0.15, 0.2) is 0 Å². The summed E-state index contributed by atoms with van der Waals surface area (Å²) in [5.41, 5.74) is 3.42. The predicted octanol–water partition coefficient (Wildman–Crippen LogP) is 3.25. The number of aryl methyl sites for hydroxylation is 1. The average molecular weight is 240 g/mol. The summed E-state index contributed by atoms with van der Waals surface area (Å²) in [6, 6.07) is 16.1. The van der Waals surface area contributed by atoms with Gasteiger partial charge in [0.05, 0.1) is 6.10 Å². The van der Waals surface area contributed by atoms with Gasteiger partial charge in [0, 0.05) is 0 Å². The normalized spacial score (nSPS) is 17.5. The molecule has 2 nitrogen and oxygen atoms in total. The van der Waals surface area contributed by atoms with E-state index >= 15 is 0 Å². The second kappa shape index (κ2) is 4.83. The van der Waals surface area contributed by atoms with Gasteiger partial charge in [0.25, 0.3) is 0 Å². The maximum absolute atomic E-state index is 9.84. The van der Waals surface area contributed by atoms with E-state index in [0.29, 0.717) is 6.61 Å². The molecule has 0 bridgehead atoms. The van der Waals surface area contributed by atoms with E-state index in [0.717, 1.165) is 29.7 Å². The fraction of sp³-hybridized carbons (Fsp3) is 0.250. The zero-order chi connectivity index (χ0) is 12.4. The number of hydrogen-bond donors (Lipinski definition) is 1. The third kappa shape index (κ3) is 2.24. The summed E-state index contributed by atoms with van der Waals surface area (Å²) in [4.78, 5) is 0. The van der Waals surface area contributed by atoms with Crippen molar-refractivity contribution in [3.05, 3.63) is 65.2 Å². The summed E-state index contributed by atoms with van der Waals surface area (Å²) < 4.78 is 5.75. The molecule has 3 rings (SSSR count). The fourth-order valence-corrected chi connectivity index (χ4v) is 2.39. The number of aliphatic hydroxyl groups excluding tert-OH is 1. The molecule has 0 aliphatic heterocycles. The van der Waals surface area contributed by atoms with Crippen molar-refractivity contribution >= 4 is 0 Å². The molecule has 92 valence electrons. The van der Waals surface area contributed by atoms with Crippen LogP contribution in [-0.2, 0) is 13.0 Å². The Labute approximate surface area is 107 Å². The van der Waals surface area contributed by atoms with Crippen molar-refractivity contribution < 1.29 is 9.84 Å². The van der Waals surface area contributed by atoms with Gasteiger partial charge in [-0.25, -0.2) is 0 Å². The maximum atomic E-state index is 9.84. The third-order valence-electron chi connectivity index (χ3n) is 3.41. The van der Waals surface area contributed by atoms with Crippen LogP contribution < -0.4 is 4.74 Å². The van der Waals surface area contributed by atoms with Gasteiger partial charge in [-0.05, 0) is 41.7 Å². The molecule has 0 spiro atoms. The lowest BCUT2D eigenvalue weighted by molar-refractivity contribution is 0.179. The van der Waals surface area contributed by atoms with Crippen molar-refractivity contribution in [2.45, 2.75) is 25.6 Å². The van der Waals surface area contributed by atoms with Crippen LogP contribution in [0.5, 0.6) is 5.75 Å². The molecule has 0 heterocycles. The smallest absolute Gasteiger partial charge is 0.120 e. The molecule has 2 heteroatoms. The highest BCUT2D eigenvalue weighted by Crippen LogP contribution is 2.33. The van der Waals surface area contributed by atoms with Crippen LogP contribution >= 0.6 is 0 Å². The zero-order valence-electron chi connectivity index (χ0n) is 10.2. The van der Waals surface area contributed by atoms with Gasteiger partial charge in [0.2, 0.25) is 0 Å². The molecule has 18 heavy (non-hydrogen) atoms. The van der Waals surface area contributed by atoms with Crippen molar-refractivity contribution in [2.24, 2.45) is 0 Å². The molecule has 1 aliphatic rings. The quantitative estimate of drug-likeness (QED) is 0.892. The van der Waals surface area contributed by atoms with Gasteiger partial charge in [-0.2, -0.15) is 0 Å². The van der Waals surface area contributed by atoms with E-state index < -0.39 is 0 Å². The third-order valence-corrected chi connectivity index (χ3v) is 3.41. The van der Waals surface area contributed by atoms with Crippen LogP contribution in [0.2, 0.25) is 0 Å². The Morgan fingerprint density at radius 3 is 2.78 bits per heavy atom. The minimum atomic E-state index is -0.319. The highest BCUT2D eigenvalue weighted by atomic mass is 16.5. The van der Waals surface area contributed by atoms with Crippen molar-refractivity contribution in [3.63, 3.8) is 0 Å². The van der Waals surface area contributed by atoms with Crippen LogP contribution in [0.1, 0.15) is 29.2 Å². The Morgan fingerprint density at radius 1 is 1.11 bits per heavy atom. The second-order valence-corrected chi connectivity index (χ2v) is 4.69. The van der Waals surface area contributed by atoms with E-state index in [2.05, 4.69) is 6.07 Å². The lowest BCUT2D eigenvalue weighted by Crippen LogP contribution is -1.97. The molecule has 0 aromatic heterocycles. The Kier molecular flexibility index (Phi) is 3.03. The summed E-state index contributed by atoms with van der Waals surface area (Å²) >= 11 is 0. The first-order valence-corrected chi connectivity index (χ1v) is 6.30. The first-order chi connectivity index (χ1) is 8.83. The molecule has 0 fully saturated rings. The minimum absolute atomic E-state index is 0.319. The monoisotopic (exact) mass is 240 g/mol. The van der Waals surface area contributed by atoms with Crippen molar-refractivity contribution in [3.8, 4) is 5.75 Å². The lowest BCUT2D eigenvalue weighted by atomic mass is 10.1. The first kappa shape index (κ1) is 11.3. The summed E-state index contributed by atoms with van der Waals surface area (Å²) in [6.45, 7) is 0.565. The standard InChI is InChI=1S/C16H16O2/c17-16-9-7-13-6-8-14(10-15(13)16)18-11-12-4-2-1-3-5-12/h1-6,8,10,16-17H,7,9,11H2. The van der Waals surface area contributed by atoms with Gasteiger partial charge in [-0.3, -0.25) is 0 Å². The van der Waals surface area contributed by atoms with Crippen molar-refractivity contribution in [2.75, 3.05) is 0 Å². The molecular formula is C16H16O2. The molecule has 2 aromatic carbocycles. The van der Waals surface area contributed by atoms with Crippen molar-refractivity contribution in [1.82, 2.24) is 0 Å².